The number of imidazole rings is 1. The van der Waals surface area contributed by atoms with Crippen LogP contribution in [0.2, 0.25) is 0 Å². The van der Waals surface area contributed by atoms with Crippen LogP contribution in [0.15, 0.2) is 29.6 Å². The average Bonchev–Trinajstić information content (AvgIpc) is 2.72. The fourth-order valence-corrected chi connectivity index (χ4v) is 2.96. The number of benzene rings is 1. The normalized spacial score (nSPS) is 11.3. The smallest absolute Gasteiger partial charge is 0.281 e. The van der Waals surface area contributed by atoms with Gasteiger partial charge in [-0.25, -0.2) is 9.37 Å². The van der Waals surface area contributed by atoms with Crippen LogP contribution in [-0.2, 0) is 17.1 Å². The highest BCUT2D eigenvalue weighted by atomic mass is 32.2. The highest BCUT2D eigenvalue weighted by molar-refractivity contribution is 7.92. The number of nitrogens with zero attached hydrogens (tertiary/aromatic N) is 2. The van der Waals surface area contributed by atoms with E-state index in [0.717, 1.165) is 6.07 Å². The van der Waals surface area contributed by atoms with Gasteiger partial charge in [0.15, 0.2) is 10.8 Å². The van der Waals surface area contributed by atoms with E-state index in [1.165, 1.54) is 37.2 Å². The summed E-state index contributed by atoms with van der Waals surface area (Å²) in [5.74, 6) is -0.569. The van der Waals surface area contributed by atoms with Crippen molar-refractivity contribution < 1.29 is 17.5 Å². The third kappa shape index (κ3) is 2.52. The number of ether oxygens (including phenoxy) is 1. The van der Waals surface area contributed by atoms with Crippen molar-refractivity contribution in [2.24, 2.45) is 7.05 Å². The summed E-state index contributed by atoms with van der Waals surface area (Å²) in [4.78, 5) is 3.68. The summed E-state index contributed by atoms with van der Waals surface area (Å²) in [6, 6.07) is 3.72. The molecule has 0 aliphatic carbocycles. The summed E-state index contributed by atoms with van der Waals surface area (Å²) in [6.07, 6.45) is 1.26. The van der Waals surface area contributed by atoms with Gasteiger partial charge in [0, 0.05) is 13.1 Å². The van der Waals surface area contributed by atoms with Crippen molar-refractivity contribution in [2.75, 3.05) is 17.6 Å². The first kappa shape index (κ1) is 14.1. The van der Waals surface area contributed by atoms with Gasteiger partial charge in [-0.2, -0.15) is 8.42 Å². The van der Waals surface area contributed by atoms with Crippen LogP contribution in [-0.4, -0.2) is 25.1 Å². The van der Waals surface area contributed by atoms with E-state index in [1.807, 2.05) is 0 Å². The molecular weight excluding hydrogens is 287 g/mol. The van der Waals surface area contributed by atoms with E-state index < -0.39 is 15.8 Å². The van der Waals surface area contributed by atoms with Crippen molar-refractivity contribution >= 4 is 21.5 Å². The number of hydrogen-bond acceptors (Lipinski definition) is 5. The van der Waals surface area contributed by atoms with E-state index >= 15 is 0 Å². The van der Waals surface area contributed by atoms with Gasteiger partial charge in [0.25, 0.3) is 10.0 Å². The van der Waals surface area contributed by atoms with Crippen LogP contribution < -0.4 is 15.2 Å². The second-order valence-electron chi connectivity index (χ2n) is 4.00. The van der Waals surface area contributed by atoms with Gasteiger partial charge in [0.05, 0.1) is 19.1 Å². The largest absolute Gasteiger partial charge is 0.497 e. The number of nitrogens with one attached hydrogen (secondary N) is 1. The molecular formula is C11H13FN4O3S. The van der Waals surface area contributed by atoms with Gasteiger partial charge in [-0.3, -0.25) is 4.72 Å². The lowest BCUT2D eigenvalue weighted by atomic mass is 10.3. The Kier molecular flexibility index (Phi) is 3.53. The number of anilines is 2. The van der Waals surface area contributed by atoms with Gasteiger partial charge >= 0.3 is 0 Å². The summed E-state index contributed by atoms with van der Waals surface area (Å²) in [7, 11) is -1.18. The van der Waals surface area contributed by atoms with E-state index in [0.29, 0.717) is 5.75 Å². The molecule has 0 spiro atoms. The molecule has 1 aromatic heterocycles. The summed E-state index contributed by atoms with van der Waals surface area (Å²) >= 11 is 0. The van der Waals surface area contributed by atoms with Crippen LogP contribution in [0, 0.1) is 5.82 Å². The van der Waals surface area contributed by atoms with Crippen LogP contribution in [0.25, 0.3) is 0 Å². The van der Waals surface area contributed by atoms with Gasteiger partial charge in [-0.05, 0) is 12.1 Å². The SMILES string of the molecule is COc1ccc(F)c(NS(=O)(=O)c2c(N)ncn2C)c1. The Bertz CT molecular complexity index is 723. The molecule has 0 aliphatic heterocycles. The lowest BCUT2D eigenvalue weighted by Gasteiger charge is -2.11. The number of sulfonamides is 1. The lowest BCUT2D eigenvalue weighted by molar-refractivity contribution is 0.414. The van der Waals surface area contributed by atoms with E-state index in [4.69, 9.17) is 10.5 Å². The minimum Gasteiger partial charge on any atom is -0.497 e. The number of rotatable bonds is 4. The first-order chi connectivity index (χ1) is 9.35. The average molecular weight is 300 g/mol. The predicted molar refractivity (Wildman–Crippen MR) is 71.4 cm³/mol. The monoisotopic (exact) mass is 300 g/mol. The zero-order valence-corrected chi connectivity index (χ0v) is 11.6. The second-order valence-corrected chi connectivity index (χ2v) is 5.59. The van der Waals surface area contributed by atoms with Crippen LogP contribution >= 0.6 is 0 Å². The quantitative estimate of drug-likeness (QED) is 0.876. The zero-order chi connectivity index (χ0) is 14.9. The molecule has 0 bridgehead atoms. The molecule has 3 N–H and O–H groups in total. The third-order valence-corrected chi connectivity index (χ3v) is 4.08. The van der Waals surface area contributed by atoms with Crippen molar-refractivity contribution in [3.63, 3.8) is 0 Å². The summed E-state index contributed by atoms with van der Waals surface area (Å²) in [5.41, 5.74) is 5.27. The Labute approximate surface area is 115 Å². The Morgan fingerprint density at radius 1 is 1.45 bits per heavy atom. The maximum atomic E-state index is 13.6. The number of aromatic nitrogens is 2. The molecule has 0 aliphatic rings. The Morgan fingerprint density at radius 3 is 2.70 bits per heavy atom. The Balaban J connectivity index is 2.43. The molecule has 2 aromatic rings. The van der Waals surface area contributed by atoms with Crippen LogP contribution in [0.1, 0.15) is 0 Å². The van der Waals surface area contributed by atoms with Crippen molar-refractivity contribution in [1.82, 2.24) is 9.55 Å². The van der Waals surface area contributed by atoms with Gasteiger partial charge in [0.2, 0.25) is 0 Å². The first-order valence-electron chi connectivity index (χ1n) is 5.48. The number of nitrogens with two attached hydrogens (primary N) is 1. The lowest BCUT2D eigenvalue weighted by Crippen LogP contribution is -2.18. The molecule has 1 aromatic carbocycles. The number of nitrogen functional groups attached to an aromatic ring is 1. The fraction of sp³-hybridized carbons (Fsp3) is 0.182. The summed E-state index contributed by atoms with van der Waals surface area (Å²) in [5, 5.41) is -0.236. The molecule has 20 heavy (non-hydrogen) atoms. The minimum absolute atomic E-state index is 0.164. The molecule has 1 heterocycles. The molecule has 0 amide bonds. The summed E-state index contributed by atoms with van der Waals surface area (Å²) < 4.78 is 46.3. The fourth-order valence-electron chi connectivity index (χ4n) is 1.67. The van der Waals surface area contributed by atoms with Gasteiger partial charge < -0.3 is 15.0 Å². The van der Waals surface area contributed by atoms with Gasteiger partial charge in [-0.15, -0.1) is 0 Å². The highest BCUT2D eigenvalue weighted by Gasteiger charge is 2.23. The van der Waals surface area contributed by atoms with Gasteiger partial charge in [-0.1, -0.05) is 0 Å². The molecule has 108 valence electrons. The number of halogens is 1. The maximum absolute atomic E-state index is 13.6. The van der Waals surface area contributed by atoms with Crippen LogP contribution in [0.3, 0.4) is 0 Å². The van der Waals surface area contributed by atoms with Crippen molar-refractivity contribution in [3.05, 3.63) is 30.3 Å². The highest BCUT2D eigenvalue weighted by Crippen LogP contribution is 2.25. The molecule has 0 radical (unpaired) electrons. The van der Waals surface area contributed by atoms with Crippen LogP contribution in [0.5, 0.6) is 5.75 Å². The van der Waals surface area contributed by atoms with E-state index in [9.17, 15) is 12.8 Å². The maximum Gasteiger partial charge on any atom is 0.281 e. The Morgan fingerprint density at radius 2 is 2.15 bits per heavy atom. The second kappa shape index (κ2) is 5.00. The first-order valence-corrected chi connectivity index (χ1v) is 6.96. The minimum atomic E-state index is -4.05. The molecule has 0 saturated heterocycles. The molecule has 0 unspecified atom stereocenters. The molecule has 9 heteroatoms. The zero-order valence-electron chi connectivity index (χ0n) is 10.8. The molecule has 0 fully saturated rings. The van der Waals surface area contributed by atoms with E-state index in [-0.39, 0.29) is 16.5 Å². The summed E-state index contributed by atoms with van der Waals surface area (Å²) in [6.45, 7) is 0. The van der Waals surface area contributed by atoms with Crippen molar-refractivity contribution in [3.8, 4) is 5.75 Å². The number of hydrogen-bond donors (Lipinski definition) is 2. The standard InChI is InChI=1S/C11H13FN4O3S/c1-16-6-14-10(13)11(16)20(17,18)15-9-5-7(19-2)3-4-8(9)12/h3-6,15H,13H2,1-2H3. The molecule has 0 saturated carbocycles. The molecule has 0 atom stereocenters. The third-order valence-electron chi connectivity index (χ3n) is 2.58. The van der Waals surface area contributed by atoms with Crippen molar-refractivity contribution in [1.29, 1.82) is 0 Å². The number of aryl methyl sites for hydroxylation is 1. The molecule has 2 rings (SSSR count). The van der Waals surface area contributed by atoms with E-state index in [1.54, 1.807) is 0 Å². The topological polar surface area (TPSA) is 99.2 Å². The Hall–Kier alpha value is -2.29. The van der Waals surface area contributed by atoms with Gasteiger partial charge in [0.1, 0.15) is 11.6 Å². The van der Waals surface area contributed by atoms with Crippen LogP contribution in [0.4, 0.5) is 15.9 Å². The van der Waals surface area contributed by atoms with Crippen molar-refractivity contribution in [2.45, 2.75) is 5.03 Å². The number of methoxy groups -OCH3 is 1. The predicted octanol–water partition coefficient (Wildman–Crippen LogP) is 0.951. The molecule has 7 nitrogen and oxygen atoms in total. The van der Waals surface area contributed by atoms with E-state index in [2.05, 4.69) is 9.71 Å².